The highest BCUT2D eigenvalue weighted by Crippen LogP contribution is 2.36. The zero-order valence-electron chi connectivity index (χ0n) is 16.8. The number of benzene rings is 2. The van der Waals surface area contributed by atoms with Crippen LogP contribution in [0.25, 0.3) is 0 Å². The molecule has 0 heterocycles. The summed E-state index contributed by atoms with van der Waals surface area (Å²) in [5, 5.41) is 3.23. The van der Waals surface area contributed by atoms with E-state index in [0.29, 0.717) is 46.7 Å². The highest BCUT2D eigenvalue weighted by Gasteiger charge is 2.16. The van der Waals surface area contributed by atoms with Crippen LogP contribution in [0.2, 0.25) is 5.02 Å². The zero-order valence-corrected chi connectivity index (χ0v) is 17.6. The Morgan fingerprint density at radius 1 is 1.07 bits per heavy atom. The Labute approximate surface area is 170 Å². The van der Waals surface area contributed by atoms with Gasteiger partial charge in [-0.15, -0.1) is 0 Å². The lowest BCUT2D eigenvalue weighted by Gasteiger charge is -2.15. The number of ether oxygens (including phenoxy) is 4. The van der Waals surface area contributed by atoms with Crippen molar-refractivity contribution in [2.24, 2.45) is 0 Å². The Kier molecular flexibility index (Phi) is 7.96. The normalized spacial score (nSPS) is 10.7. The smallest absolute Gasteiger partial charge is 0.255 e. The highest BCUT2D eigenvalue weighted by molar-refractivity contribution is 6.32. The molecule has 1 N–H and O–H groups in total. The molecule has 0 aliphatic carbocycles. The van der Waals surface area contributed by atoms with Gasteiger partial charge in [0.25, 0.3) is 5.91 Å². The predicted molar refractivity (Wildman–Crippen MR) is 110 cm³/mol. The average molecular weight is 408 g/mol. The van der Waals surface area contributed by atoms with Crippen molar-refractivity contribution in [3.63, 3.8) is 0 Å². The van der Waals surface area contributed by atoms with Gasteiger partial charge in [0, 0.05) is 23.3 Å². The van der Waals surface area contributed by atoms with E-state index in [0.717, 1.165) is 5.56 Å². The Morgan fingerprint density at radius 2 is 1.79 bits per heavy atom. The topological polar surface area (TPSA) is 66.0 Å². The van der Waals surface area contributed by atoms with Gasteiger partial charge in [0.1, 0.15) is 17.2 Å². The number of methoxy groups -OCH3 is 2. The van der Waals surface area contributed by atoms with Gasteiger partial charge in [0.2, 0.25) is 0 Å². The molecule has 0 aliphatic rings. The van der Waals surface area contributed by atoms with Crippen LogP contribution < -0.4 is 19.5 Å². The van der Waals surface area contributed by atoms with Crippen molar-refractivity contribution < 1.29 is 23.7 Å². The Morgan fingerprint density at radius 3 is 2.39 bits per heavy atom. The van der Waals surface area contributed by atoms with Crippen molar-refractivity contribution in [1.82, 2.24) is 0 Å². The van der Waals surface area contributed by atoms with Crippen molar-refractivity contribution >= 4 is 23.2 Å². The zero-order chi connectivity index (χ0) is 20.7. The molecule has 0 atom stereocenters. The van der Waals surface area contributed by atoms with Crippen LogP contribution in [0.15, 0.2) is 30.3 Å². The lowest BCUT2D eigenvalue weighted by atomic mass is 10.1. The standard InChI is InChI=1S/C21H26ClNO5/c1-6-27-18-8-7-14(9-15(18)12-28-13(2)3)21(24)23-17-11-19(25-4)16(22)10-20(17)26-5/h7-11,13H,6,12H2,1-5H3,(H,23,24). The van der Waals surface area contributed by atoms with Gasteiger partial charge < -0.3 is 24.3 Å². The van der Waals surface area contributed by atoms with E-state index in [1.807, 2.05) is 20.8 Å². The summed E-state index contributed by atoms with van der Waals surface area (Å²) < 4.78 is 21.8. The van der Waals surface area contributed by atoms with E-state index in [2.05, 4.69) is 5.32 Å². The SMILES string of the molecule is CCOc1ccc(C(=O)Nc2cc(OC)c(Cl)cc2OC)cc1COC(C)C. The molecule has 6 nitrogen and oxygen atoms in total. The molecule has 2 aromatic rings. The molecular weight excluding hydrogens is 382 g/mol. The van der Waals surface area contributed by atoms with E-state index in [1.165, 1.54) is 14.2 Å². The third-order valence-corrected chi connectivity index (χ3v) is 4.21. The fourth-order valence-corrected chi connectivity index (χ4v) is 2.77. The fraction of sp³-hybridized carbons (Fsp3) is 0.381. The number of halogens is 1. The first kappa shape index (κ1) is 21.9. The molecule has 1 amide bonds. The minimum absolute atomic E-state index is 0.0674. The number of rotatable bonds is 9. The van der Waals surface area contributed by atoms with Gasteiger partial charge in [-0.05, 0) is 39.0 Å². The van der Waals surface area contributed by atoms with E-state index in [-0.39, 0.29) is 12.0 Å². The van der Waals surface area contributed by atoms with Crippen LogP contribution in [0.5, 0.6) is 17.2 Å². The number of nitrogens with one attached hydrogen (secondary N) is 1. The second-order valence-electron chi connectivity index (χ2n) is 6.26. The Balaban J connectivity index is 2.30. The molecule has 0 radical (unpaired) electrons. The molecule has 0 aromatic heterocycles. The minimum Gasteiger partial charge on any atom is -0.495 e. The van der Waals surface area contributed by atoms with Crippen molar-refractivity contribution in [1.29, 1.82) is 0 Å². The number of hydrogen-bond acceptors (Lipinski definition) is 5. The second-order valence-corrected chi connectivity index (χ2v) is 6.66. The second kappa shape index (κ2) is 10.2. The summed E-state index contributed by atoms with van der Waals surface area (Å²) in [6.45, 7) is 6.70. The van der Waals surface area contributed by atoms with Gasteiger partial charge in [-0.3, -0.25) is 4.79 Å². The number of carbonyl (C=O) groups is 1. The maximum Gasteiger partial charge on any atom is 0.255 e. The summed E-state index contributed by atoms with van der Waals surface area (Å²) in [6, 6.07) is 8.46. The number of anilines is 1. The van der Waals surface area contributed by atoms with Gasteiger partial charge in [0.15, 0.2) is 0 Å². The average Bonchev–Trinajstić information content (AvgIpc) is 2.68. The van der Waals surface area contributed by atoms with Crippen LogP contribution >= 0.6 is 11.6 Å². The Bertz CT molecular complexity index is 823. The van der Waals surface area contributed by atoms with E-state index in [9.17, 15) is 4.79 Å². The third-order valence-electron chi connectivity index (χ3n) is 3.92. The van der Waals surface area contributed by atoms with Crippen molar-refractivity contribution in [3.8, 4) is 17.2 Å². The molecule has 0 unspecified atom stereocenters. The quantitative estimate of drug-likeness (QED) is 0.638. The van der Waals surface area contributed by atoms with Crippen LogP contribution in [-0.2, 0) is 11.3 Å². The summed E-state index contributed by atoms with van der Waals surface area (Å²) in [6.07, 6.45) is 0.0674. The number of hydrogen-bond donors (Lipinski definition) is 1. The van der Waals surface area contributed by atoms with Gasteiger partial charge in [-0.25, -0.2) is 0 Å². The molecule has 2 rings (SSSR count). The molecule has 28 heavy (non-hydrogen) atoms. The molecule has 0 saturated carbocycles. The van der Waals surface area contributed by atoms with Gasteiger partial charge in [0.05, 0.1) is 44.2 Å². The first-order valence-corrected chi connectivity index (χ1v) is 9.37. The molecule has 152 valence electrons. The van der Waals surface area contributed by atoms with E-state index >= 15 is 0 Å². The molecule has 0 saturated heterocycles. The van der Waals surface area contributed by atoms with Crippen LogP contribution in [0, 0.1) is 0 Å². The molecule has 0 fully saturated rings. The van der Waals surface area contributed by atoms with Crippen molar-refractivity contribution in [2.45, 2.75) is 33.5 Å². The summed E-state index contributed by atoms with van der Waals surface area (Å²) >= 11 is 6.12. The summed E-state index contributed by atoms with van der Waals surface area (Å²) in [7, 11) is 3.01. The maximum absolute atomic E-state index is 12.8. The lowest BCUT2D eigenvalue weighted by Crippen LogP contribution is -2.14. The molecule has 0 aliphatic heterocycles. The Hall–Kier alpha value is -2.44. The first-order chi connectivity index (χ1) is 13.4. The number of amides is 1. The summed E-state index contributed by atoms with van der Waals surface area (Å²) in [4.78, 5) is 12.8. The van der Waals surface area contributed by atoms with Gasteiger partial charge in [-0.1, -0.05) is 11.6 Å². The predicted octanol–water partition coefficient (Wildman–Crippen LogP) is 4.93. The van der Waals surface area contributed by atoms with Gasteiger partial charge >= 0.3 is 0 Å². The lowest BCUT2D eigenvalue weighted by molar-refractivity contribution is 0.0641. The minimum atomic E-state index is -0.295. The molecular formula is C21H26ClNO5. The van der Waals surface area contributed by atoms with Gasteiger partial charge in [-0.2, -0.15) is 0 Å². The van der Waals surface area contributed by atoms with Crippen molar-refractivity contribution in [3.05, 3.63) is 46.5 Å². The molecule has 7 heteroatoms. The fourth-order valence-electron chi connectivity index (χ4n) is 2.54. The maximum atomic E-state index is 12.8. The van der Waals surface area contributed by atoms with Crippen molar-refractivity contribution in [2.75, 3.05) is 26.1 Å². The van der Waals surface area contributed by atoms with Crippen LogP contribution in [0.1, 0.15) is 36.7 Å². The van der Waals surface area contributed by atoms with Crippen LogP contribution in [-0.4, -0.2) is 32.8 Å². The van der Waals surface area contributed by atoms with Crippen LogP contribution in [0.4, 0.5) is 5.69 Å². The monoisotopic (exact) mass is 407 g/mol. The molecule has 0 bridgehead atoms. The number of carbonyl (C=O) groups excluding carboxylic acids is 1. The largest absolute Gasteiger partial charge is 0.495 e. The van der Waals surface area contributed by atoms with Crippen LogP contribution in [0.3, 0.4) is 0 Å². The van der Waals surface area contributed by atoms with E-state index < -0.39 is 0 Å². The highest BCUT2D eigenvalue weighted by atomic mass is 35.5. The molecule has 2 aromatic carbocycles. The third kappa shape index (κ3) is 5.53. The molecule has 0 spiro atoms. The first-order valence-electron chi connectivity index (χ1n) is 8.99. The summed E-state index contributed by atoms with van der Waals surface area (Å²) in [5.41, 5.74) is 1.74. The summed E-state index contributed by atoms with van der Waals surface area (Å²) in [5.74, 6) is 1.28. The van der Waals surface area contributed by atoms with E-state index in [4.69, 9.17) is 30.5 Å². The van der Waals surface area contributed by atoms with E-state index in [1.54, 1.807) is 30.3 Å².